The Bertz CT molecular complexity index is 862. The van der Waals surface area contributed by atoms with Crippen LogP contribution in [0.5, 0.6) is 11.5 Å². The fourth-order valence-electron chi connectivity index (χ4n) is 2.41. The average molecular weight is 396 g/mol. The zero-order valence-electron chi connectivity index (χ0n) is 15.7. The standard InChI is InChI=1S/C18H24N2O6S/c1-12(2)17(18(21)19-11-13-6-5-9-26-13)20-27(22,23)14-7-8-15(24-3)16(10-14)25-4/h5-10,12,17,20H,11H2,1-4H3,(H,19,21)/t17-/m1/s1. The highest BCUT2D eigenvalue weighted by atomic mass is 32.2. The van der Waals surface area contributed by atoms with E-state index in [1.54, 1.807) is 26.0 Å². The lowest BCUT2D eigenvalue weighted by Crippen LogP contribution is -2.49. The number of ether oxygens (including phenoxy) is 2. The maximum Gasteiger partial charge on any atom is 0.241 e. The lowest BCUT2D eigenvalue weighted by atomic mass is 10.1. The molecule has 9 heteroatoms. The number of carbonyl (C=O) groups is 1. The number of amides is 1. The predicted octanol–water partition coefficient (Wildman–Crippen LogP) is 1.92. The molecule has 0 aliphatic heterocycles. The molecule has 148 valence electrons. The maximum absolute atomic E-state index is 12.7. The minimum Gasteiger partial charge on any atom is -0.493 e. The Balaban J connectivity index is 2.17. The van der Waals surface area contributed by atoms with E-state index in [-0.39, 0.29) is 23.1 Å². The molecule has 0 aliphatic carbocycles. The molecule has 0 spiro atoms. The van der Waals surface area contributed by atoms with Gasteiger partial charge >= 0.3 is 0 Å². The minimum absolute atomic E-state index is 0.0235. The molecule has 1 aromatic heterocycles. The van der Waals surface area contributed by atoms with Crippen molar-refractivity contribution in [3.05, 3.63) is 42.4 Å². The summed E-state index contributed by atoms with van der Waals surface area (Å²) >= 11 is 0. The molecule has 0 aliphatic rings. The zero-order chi connectivity index (χ0) is 20.0. The van der Waals surface area contributed by atoms with Crippen molar-refractivity contribution in [2.45, 2.75) is 31.3 Å². The molecule has 2 aromatic rings. The number of hydrogen-bond acceptors (Lipinski definition) is 6. The van der Waals surface area contributed by atoms with Gasteiger partial charge in [0.2, 0.25) is 15.9 Å². The van der Waals surface area contributed by atoms with Crippen molar-refractivity contribution >= 4 is 15.9 Å². The molecular weight excluding hydrogens is 372 g/mol. The number of hydrogen-bond donors (Lipinski definition) is 2. The molecular formula is C18H24N2O6S. The molecule has 0 saturated carbocycles. The SMILES string of the molecule is COc1ccc(S(=O)(=O)N[C@@H](C(=O)NCc2ccco2)C(C)C)cc1OC. The van der Waals surface area contributed by atoms with Crippen molar-refractivity contribution < 1.29 is 27.1 Å². The van der Waals surface area contributed by atoms with Gasteiger partial charge in [0.15, 0.2) is 11.5 Å². The number of furan rings is 1. The Kier molecular flexibility index (Phi) is 6.86. The predicted molar refractivity (Wildman–Crippen MR) is 99.0 cm³/mol. The quantitative estimate of drug-likeness (QED) is 0.671. The molecule has 0 unspecified atom stereocenters. The molecule has 1 amide bonds. The summed E-state index contributed by atoms with van der Waals surface area (Å²) in [4.78, 5) is 12.5. The molecule has 0 bridgehead atoms. The third-order valence-corrected chi connectivity index (χ3v) is 5.35. The highest BCUT2D eigenvalue weighted by molar-refractivity contribution is 7.89. The van der Waals surface area contributed by atoms with Gasteiger partial charge in [-0.3, -0.25) is 4.79 Å². The van der Waals surface area contributed by atoms with Crippen molar-refractivity contribution in [1.29, 1.82) is 0 Å². The second-order valence-corrected chi connectivity index (χ2v) is 7.87. The van der Waals surface area contributed by atoms with E-state index >= 15 is 0 Å². The first-order chi connectivity index (χ1) is 12.8. The van der Waals surface area contributed by atoms with Crippen molar-refractivity contribution in [1.82, 2.24) is 10.0 Å². The normalized spacial score (nSPS) is 12.6. The van der Waals surface area contributed by atoms with Crippen LogP contribution in [0.25, 0.3) is 0 Å². The van der Waals surface area contributed by atoms with Crippen LogP contribution in [0.1, 0.15) is 19.6 Å². The van der Waals surface area contributed by atoms with E-state index < -0.39 is 22.0 Å². The average Bonchev–Trinajstić information content (AvgIpc) is 3.17. The summed E-state index contributed by atoms with van der Waals surface area (Å²) in [7, 11) is -1.07. The van der Waals surface area contributed by atoms with Crippen LogP contribution in [0, 0.1) is 5.92 Å². The molecule has 1 heterocycles. The van der Waals surface area contributed by atoms with Gasteiger partial charge in [-0.25, -0.2) is 8.42 Å². The van der Waals surface area contributed by atoms with Gasteiger partial charge in [-0.15, -0.1) is 0 Å². The number of nitrogens with one attached hydrogen (secondary N) is 2. The second kappa shape index (κ2) is 8.92. The molecule has 0 fully saturated rings. The van der Waals surface area contributed by atoms with Crippen LogP contribution in [0.4, 0.5) is 0 Å². The Morgan fingerprint density at radius 2 is 1.85 bits per heavy atom. The van der Waals surface area contributed by atoms with Crippen LogP contribution in [-0.2, 0) is 21.4 Å². The number of benzene rings is 1. The first kappa shape index (κ1) is 20.8. The Morgan fingerprint density at radius 3 is 2.41 bits per heavy atom. The third-order valence-electron chi connectivity index (χ3n) is 3.91. The van der Waals surface area contributed by atoms with Crippen molar-refractivity contribution in [2.75, 3.05) is 14.2 Å². The molecule has 27 heavy (non-hydrogen) atoms. The highest BCUT2D eigenvalue weighted by Gasteiger charge is 2.29. The van der Waals surface area contributed by atoms with E-state index in [1.807, 2.05) is 0 Å². The topological polar surface area (TPSA) is 107 Å². The van der Waals surface area contributed by atoms with Gasteiger partial charge in [-0.05, 0) is 30.2 Å². The molecule has 1 aromatic carbocycles. The van der Waals surface area contributed by atoms with E-state index in [9.17, 15) is 13.2 Å². The Morgan fingerprint density at radius 1 is 1.15 bits per heavy atom. The largest absolute Gasteiger partial charge is 0.493 e. The first-order valence-corrected chi connectivity index (χ1v) is 9.81. The second-order valence-electron chi connectivity index (χ2n) is 6.16. The van der Waals surface area contributed by atoms with Gasteiger partial charge in [0.1, 0.15) is 11.8 Å². The fourth-order valence-corrected chi connectivity index (χ4v) is 3.77. The number of carbonyl (C=O) groups excluding carboxylic acids is 1. The molecule has 0 radical (unpaired) electrons. The van der Waals surface area contributed by atoms with E-state index in [4.69, 9.17) is 13.9 Å². The zero-order valence-corrected chi connectivity index (χ0v) is 16.5. The fraction of sp³-hybridized carbons (Fsp3) is 0.389. The lowest BCUT2D eigenvalue weighted by Gasteiger charge is -2.21. The summed E-state index contributed by atoms with van der Waals surface area (Å²) in [6.07, 6.45) is 1.50. The summed E-state index contributed by atoms with van der Waals surface area (Å²) < 4.78 is 43.4. The monoisotopic (exact) mass is 396 g/mol. The van der Waals surface area contributed by atoms with E-state index in [2.05, 4.69) is 10.0 Å². The van der Waals surface area contributed by atoms with Gasteiger partial charge < -0.3 is 19.2 Å². The van der Waals surface area contributed by atoms with Crippen LogP contribution in [-0.4, -0.2) is 34.6 Å². The highest BCUT2D eigenvalue weighted by Crippen LogP contribution is 2.29. The molecule has 1 atom stereocenters. The van der Waals surface area contributed by atoms with Crippen LogP contribution in [0.15, 0.2) is 45.9 Å². The summed E-state index contributed by atoms with van der Waals surface area (Å²) in [5.41, 5.74) is 0. The molecule has 2 rings (SSSR count). The number of sulfonamides is 1. The van der Waals surface area contributed by atoms with Crippen molar-refractivity contribution in [3.8, 4) is 11.5 Å². The van der Waals surface area contributed by atoms with Crippen LogP contribution < -0.4 is 19.5 Å². The van der Waals surface area contributed by atoms with Crippen LogP contribution in [0.3, 0.4) is 0 Å². The van der Waals surface area contributed by atoms with Gasteiger partial charge in [0.25, 0.3) is 0 Å². The van der Waals surface area contributed by atoms with Gasteiger partial charge in [-0.1, -0.05) is 13.8 Å². The molecule has 0 saturated heterocycles. The third kappa shape index (κ3) is 5.24. The van der Waals surface area contributed by atoms with E-state index in [1.165, 1.54) is 38.7 Å². The Hall–Kier alpha value is -2.52. The summed E-state index contributed by atoms with van der Waals surface area (Å²) in [6.45, 7) is 3.69. The van der Waals surface area contributed by atoms with Gasteiger partial charge in [-0.2, -0.15) is 4.72 Å². The minimum atomic E-state index is -3.95. The molecule has 2 N–H and O–H groups in total. The van der Waals surface area contributed by atoms with Crippen LogP contribution >= 0.6 is 0 Å². The Labute approximate surface area is 158 Å². The van der Waals surface area contributed by atoms with Gasteiger partial charge in [0, 0.05) is 6.07 Å². The van der Waals surface area contributed by atoms with Crippen molar-refractivity contribution in [3.63, 3.8) is 0 Å². The smallest absolute Gasteiger partial charge is 0.241 e. The van der Waals surface area contributed by atoms with E-state index in [0.29, 0.717) is 11.5 Å². The summed E-state index contributed by atoms with van der Waals surface area (Å²) in [5.74, 6) is 0.562. The lowest BCUT2D eigenvalue weighted by molar-refractivity contribution is -0.123. The maximum atomic E-state index is 12.7. The number of methoxy groups -OCH3 is 2. The number of rotatable bonds is 9. The summed E-state index contributed by atoms with van der Waals surface area (Å²) in [6, 6.07) is 6.72. The van der Waals surface area contributed by atoms with E-state index in [0.717, 1.165) is 0 Å². The van der Waals surface area contributed by atoms with Gasteiger partial charge in [0.05, 0.1) is 31.9 Å². The first-order valence-electron chi connectivity index (χ1n) is 8.33. The van der Waals surface area contributed by atoms with Crippen LogP contribution in [0.2, 0.25) is 0 Å². The summed E-state index contributed by atoms with van der Waals surface area (Å²) in [5, 5.41) is 2.68. The van der Waals surface area contributed by atoms with Crippen molar-refractivity contribution in [2.24, 2.45) is 5.92 Å². The molecule has 8 nitrogen and oxygen atoms in total.